The van der Waals surface area contributed by atoms with Crippen molar-refractivity contribution in [3.63, 3.8) is 0 Å². The monoisotopic (exact) mass is 353 g/mol. The van der Waals surface area contributed by atoms with Crippen LogP contribution in [0.5, 0.6) is 11.5 Å². The maximum absolute atomic E-state index is 5.88. The fourth-order valence-electron chi connectivity index (χ4n) is 2.03. The van der Waals surface area contributed by atoms with Crippen molar-refractivity contribution in [1.82, 2.24) is 9.78 Å². The van der Waals surface area contributed by atoms with Crippen molar-refractivity contribution >= 4 is 15.9 Å². The van der Waals surface area contributed by atoms with E-state index in [0.717, 1.165) is 28.6 Å². The van der Waals surface area contributed by atoms with E-state index in [-0.39, 0.29) is 0 Å². The molecule has 0 atom stereocenters. The number of methoxy groups -OCH3 is 1. The average Bonchev–Trinajstić information content (AvgIpc) is 2.94. The van der Waals surface area contributed by atoms with Crippen molar-refractivity contribution in [2.24, 2.45) is 5.73 Å². The number of benzene rings is 1. The topological polar surface area (TPSA) is 62.3 Å². The van der Waals surface area contributed by atoms with E-state index in [0.29, 0.717) is 24.7 Å². The van der Waals surface area contributed by atoms with Crippen LogP contribution < -0.4 is 15.2 Å². The van der Waals surface area contributed by atoms with E-state index in [2.05, 4.69) is 21.0 Å². The molecule has 1 heterocycles. The van der Waals surface area contributed by atoms with Gasteiger partial charge in [-0.3, -0.25) is 4.68 Å². The molecule has 2 aromatic rings. The van der Waals surface area contributed by atoms with Gasteiger partial charge < -0.3 is 15.2 Å². The van der Waals surface area contributed by atoms with E-state index in [1.54, 1.807) is 7.11 Å². The van der Waals surface area contributed by atoms with Crippen LogP contribution in [0.1, 0.15) is 18.1 Å². The van der Waals surface area contributed by atoms with Crippen molar-refractivity contribution in [3.05, 3.63) is 40.1 Å². The molecule has 2 rings (SSSR count). The first-order chi connectivity index (χ1) is 10.2. The normalized spacial score (nSPS) is 10.7. The summed E-state index contributed by atoms with van der Waals surface area (Å²) in [5.41, 5.74) is 7.74. The summed E-state index contributed by atoms with van der Waals surface area (Å²) >= 11 is 3.53. The van der Waals surface area contributed by atoms with Gasteiger partial charge in [0.05, 0.1) is 17.8 Å². The molecule has 114 valence electrons. The van der Waals surface area contributed by atoms with Crippen molar-refractivity contribution in [2.75, 3.05) is 13.7 Å². The van der Waals surface area contributed by atoms with Crippen molar-refractivity contribution in [2.45, 2.75) is 26.5 Å². The zero-order valence-electron chi connectivity index (χ0n) is 12.3. The van der Waals surface area contributed by atoms with Crippen LogP contribution in [0.25, 0.3) is 0 Å². The quantitative estimate of drug-likeness (QED) is 0.831. The Morgan fingerprint density at radius 3 is 2.76 bits per heavy atom. The maximum Gasteiger partial charge on any atom is 0.175 e. The maximum atomic E-state index is 5.88. The Morgan fingerprint density at radius 1 is 1.33 bits per heavy atom. The molecule has 21 heavy (non-hydrogen) atoms. The van der Waals surface area contributed by atoms with Crippen LogP contribution in [0.15, 0.2) is 29.0 Å². The summed E-state index contributed by atoms with van der Waals surface area (Å²) in [6.45, 7) is 3.95. The Hall–Kier alpha value is -1.53. The number of ether oxygens (including phenoxy) is 2. The molecule has 0 saturated carbocycles. The molecule has 6 heteroatoms. The summed E-state index contributed by atoms with van der Waals surface area (Å²) in [4.78, 5) is 0. The van der Waals surface area contributed by atoms with Gasteiger partial charge in [-0.15, -0.1) is 0 Å². The lowest BCUT2D eigenvalue weighted by molar-refractivity contribution is 0.282. The van der Waals surface area contributed by atoms with Gasteiger partial charge in [0.15, 0.2) is 11.5 Å². The highest BCUT2D eigenvalue weighted by Crippen LogP contribution is 2.37. The van der Waals surface area contributed by atoms with Gasteiger partial charge in [-0.05, 0) is 53.5 Å². The smallest absolute Gasteiger partial charge is 0.175 e. The molecule has 0 aliphatic carbocycles. The molecule has 0 amide bonds. The first-order valence-electron chi connectivity index (χ1n) is 6.88. The van der Waals surface area contributed by atoms with Crippen LogP contribution in [0.3, 0.4) is 0 Å². The molecule has 0 fully saturated rings. The molecule has 0 spiro atoms. The lowest BCUT2D eigenvalue weighted by atomic mass is 10.1. The van der Waals surface area contributed by atoms with E-state index >= 15 is 0 Å². The first kappa shape index (κ1) is 15.9. The predicted octanol–water partition coefficient (Wildman–Crippen LogP) is 2.75. The second-order valence-electron chi connectivity index (χ2n) is 4.64. The number of aromatic nitrogens is 2. The fraction of sp³-hybridized carbons (Fsp3) is 0.400. The average molecular weight is 354 g/mol. The predicted molar refractivity (Wildman–Crippen MR) is 85.7 cm³/mol. The minimum Gasteiger partial charge on any atom is -0.493 e. The molecule has 5 nitrogen and oxygen atoms in total. The highest BCUT2D eigenvalue weighted by molar-refractivity contribution is 9.10. The SMILES string of the molecule is CCn1cc(COc2c(Br)cc(CCN)cc2OC)cn1. The summed E-state index contributed by atoms with van der Waals surface area (Å²) < 4.78 is 14.0. The standard InChI is InChI=1S/C15H20BrN3O2/c1-3-19-9-12(8-18-19)10-21-15-13(16)6-11(4-5-17)7-14(15)20-2/h6-9H,3-5,10,17H2,1-2H3. The van der Waals surface area contributed by atoms with Gasteiger partial charge in [0.2, 0.25) is 0 Å². The molecule has 0 radical (unpaired) electrons. The second kappa shape index (κ2) is 7.47. The Morgan fingerprint density at radius 2 is 2.14 bits per heavy atom. The van der Waals surface area contributed by atoms with Gasteiger partial charge in [0.25, 0.3) is 0 Å². The van der Waals surface area contributed by atoms with Crippen LogP contribution in [0.2, 0.25) is 0 Å². The molecule has 2 N–H and O–H groups in total. The van der Waals surface area contributed by atoms with Crippen LogP contribution >= 0.6 is 15.9 Å². The fourth-order valence-corrected chi connectivity index (χ4v) is 2.64. The van der Waals surface area contributed by atoms with E-state index in [9.17, 15) is 0 Å². The zero-order chi connectivity index (χ0) is 15.2. The van der Waals surface area contributed by atoms with Crippen molar-refractivity contribution in [1.29, 1.82) is 0 Å². The Labute approximate surface area is 133 Å². The molecule has 0 aliphatic heterocycles. The van der Waals surface area contributed by atoms with E-state index in [4.69, 9.17) is 15.2 Å². The van der Waals surface area contributed by atoms with Crippen LogP contribution in [-0.2, 0) is 19.6 Å². The molecular weight excluding hydrogens is 334 g/mol. The molecule has 0 unspecified atom stereocenters. The zero-order valence-corrected chi connectivity index (χ0v) is 13.9. The van der Waals surface area contributed by atoms with Crippen LogP contribution in [0, 0.1) is 0 Å². The summed E-state index contributed by atoms with van der Waals surface area (Å²) in [6, 6.07) is 3.97. The molecule has 1 aromatic heterocycles. The van der Waals surface area contributed by atoms with Crippen LogP contribution in [0.4, 0.5) is 0 Å². The number of nitrogens with two attached hydrogens (primary N) is 1. The van der Waals surface area contributed by atoms with E-state index in [1.165, 1.54) is 0 Å². The van der Waals surface area contributed by atoms with Crippen molar-refractivity contribution < 1.29 is 9.47 Å². The minimum atomic E-state index is 0.450. The number of nitrogens with zero attached hydrogens (tertiary/aromatic N) is 2. The summed E-state index contributed by atoms with van der Waals surface area (Å²) in [7, 11) is 1.63. The number of hydrogen-bond acceptors (Lipinski definition) is 4. The molecule has 0 saturated heterocycles. The third-order valence-corrected chi connectivity index (χ3v) is 3.71. The molecule has 0 aliphatic rings. The third kappa shape index (κ3) is 3.98. The Balaban J connectivity index is 2.14. The number of halogens is 1. The third-order valence-electron chi connectivity index (χ3n) is 3.12. The second-order valence-corrected chi connectivity index (χ2v) is 5.49. The largest absolute Gasteiger partial charge is 0.493 e. The number of hydrogen-bond donors (Lipinski definition) is 1. The summed E-state index contributed by atoms with van der Waals surface area (Å²) in [5, 5.41) is 4.23. The molecule has 0 bridgehead atoms. The highest BCUT2D eigenvalue weighted by Gasteiger charge is 2.12. The Kier molecular flexibility index (Phi) is 5.64. The lowest BCUT2D eigenvalue weighted by Crippen LogP contribution is -2.04. The Bertz CT molecular complexity index is 599. The van der Waals surface area contributed by atoms with Gasteiger partial charge in [-0.2, -0.15) is 5.10 Å². The van der Waals surface area contributed by atoms with Gasteiger partial charge in [-0.1, -0.05) is 0 Å². The van der Waals surface area contributed by atoms with Crippen molar-refractivity contribution in [3.8, 4) is 11.5 Å². The van der Waals surface area contributed by atoms with Gasteiger partial charge in [-0.25, -0.2) is 0 Å². The first-order valence-corrected chi connectivity index (χ1v) is 7.67. The summed E-state index contributed by atoms with van der Waals surface area (Å²) in [5.74, 6) is 1.40. The van der Waals surface area contributed by atoms with Gasteiger partial charge in [0.1, 0.15) is 6.61 Å². The van der Waals surface area contributed by atoms with Crippen LogP contribution in [-0.4, -0.2) is 23.4 Å². The number of aryl methyl sites for hydroxylation is 1. The highest BCUT2D eigenvalue weighted by atomic mass is 79.9. The minimum absolute atomic E-state index is 0.450. The van der Waals surface area contributed by atoms with E-state index in [1.807, 2.05) is 36.1 Å². The lowest BCUT2D eigenvalue weighted by Gasteiger charge is -2.13. The summed E-state index contributed by atoms with van der Waals surface area (Å²) in [6.07, 6.45) is 4.59. The van der Waals surface area contributed by atoms with E-state index < -0.39 is 0 Å². The number of rotatable bonds is 7. The van der Waals surface area contributed by atoms with Gasteiger partial charge in [0, 0.05) is 18.3 Å². The molecular formula is C15H20BrN3O2. The molecule has 1 aromatic carbocycles. The van der Waals surface area contributed by atoms with Gasteiger partial charge >= 0.3 is 0 Å².